The van der Waals surface area contributed by atoms with E-state index in [0.717, 1.165) is 28.9 Å². The van der Waals surface area contributed by atoms with Crippen LogP contribution in [-0.2, 0) is 0 Å². The van der Waals surface area contributed by atoms with Crippen molar-refractivity contribution in [1.82, 2.24) is 0 Å². The van der Waals surface area contributed by atoms with Crippen molar-refractivity contribution in [3.63, 3.8) is 0 Å². The fourth-order valence-corrected chi connectivity index (χ4v) is 2.19. The van der Waals surface area contributed by atoms with Crippen LogP contribution in [0.2, 0.25) is 0 Å². The number of carbonyl (C=O) groups excluding carboxylic acids is 2. The molecule has 0 saturated heterocycles. The normalized spacial score (nSPS) is 10.8. The summed E-state index contributed by atoms with van der Waals surface area (Å²) < 4.78 is 0. The molecular weight excluding hydrogens is 212 g/mol. The molecule has 0 saturated carbocycles. The number of rotatable bonds is 3. The first-order valence-electron chi connectivity index (χ1n) is 5.65. The zero-order valence-electron chi connectivity index (χ0n) is 9.94. The van der Waals surface area contributed by atoms with Gasteiger partial charge in [-0.1, -0.05) is 44.2 Å². The Morgan fingerprint density at radius 2 is 1.59 bits per heavy atom. The summed E-state index contributed by atoms with van der Waals surface area (Å²) in [7, 11) is 0. The van der Waals surface area contributed by atoms with E-state index in [9.17, 15) is 9.59 Å². The largest absolute Gasteiger partial charge is 0.298 e. The smallest absolute Gasteiger partial charge is 0.150 e. The van der Waals surface area contributed by atoms with Gasteiger partial charge in [-0.25, -0.2) is 0 Å². The molecule has 2 nitrogen and oxygen atoms in total. The van der Waals surface area contributed by atoms with E-state index in [1.54, 1.807) is 12.1 Å². The summed E-state index contributed by atoms with van der Waals surface area (Å²) in [4.78, 5) is 22.1. The number of aldehydes is 2. The maximum Gasteiger partial charge on any atom is 0.150 e. The first kappa shape index (κ1) is 11.5. The molecule has 0 heterocycles. The molecule has 2 rings (SSSR count). The first-order chi connectivity index (χ1) is 8.19. The first-order valence-corrected chi connectivity index (χ1v) is 5.65. The molecule has 0 fully saturated rings. The molecule has 0 amide bonds. The van der Waals surface area contributed by atoms with Gasteiger partial charge in [0.2, 0.25) is 0 Å². The highest BCUT2D eigenvalue weighted by atomic mass is 16.1. The second kappa shape index (κ2) is 4.50. The summed E-state index contributed by atoms with van der Waals surface area (Å²) in [5.74, 6) is 0.361. The van der Waals surface area contributed by atoms with Gasteiger partial charge in [-0.05, 0) is 16.9 Å². The van der Waals surface area contributed by atoms with Crippen molar-refractivity contribution in [2.75, 3.05) is 0 Å². The van der Waals surface area contributed by atoms with Crippen LogP contribution < -0.4 is 0 Å². The van der Waals surface area contributed by atoms with Crippen LogP contribution in [0.4, 0.5) is 0 Å². The average molecular weight is 226 g/mol. The van der Waals surface area contributed by atoms with Gasteiger partial charge in [-0.3, -0.25) is 9.59 Å². The highest BCUT2D eigenvalue weighted by Gasteiger charge is 2.11. The van der Waals surface area contributed by atoms with Crippen molar-refractivity contribution in [2.45, 2.75) is 19.8 Å². The van der Waals surface area contributed by atoms with Gasteiger partial charge in [0.1, 0.15) is 0 Å². The van der Waals surface area contributed by atoms with E-state index in [1.807, 2.05) is 18.2 Å². The Morgan fingerprint density at radius 3 is 2.18 bits per heavy atom. The van der Waals surface area contributed by atoms with Crippen LogP contribution in [0.25, 0.3) is 10.8 Å². The Kier molecular flexibility index (Phi) is 3.05. The molecule has 0 aliphatic heterocycles. The van der Waals surface area contributed by atoms with Crippen LogP contribution >= 0.6 is 0 Å². The Labute approximate surface area is 100 Å². The van der Waals surface area contributed by atoms with E-state index in [4.69, 9.17) is 0 Å². The van der Waals surface area contributed by atoms with E-state index < -0.39 is 0 Å². The van der Waals surface area contributed by atoms with E-state index in [0.29, 0.717) is 17.0 Å². The van der Waals surface area contributed by atoms with Gasteiger partial charge in [0.25, 0.3) is 0 Å². The van der Waals surface area contributed by atoms with Crippen molar-refractivity contribution in [2.24, 2.45) is 0 Å². The maximum absolute atomic E-state index is 11.1. The highest BCUT2D eigenvalue weighted by Crippen LogP contribution is 2.29. The third kappa shape index (κ3) is 1.86. The van der Waals surface area contributed by atoms with Gasteiger partial charge < -0.3 is 0 Å². The summed E-state index contributed by atoms with van der Waals surface area (Å²) in [6, 6.07) is 9.31. The Hall–Kier alpha value is -1.96. The Bertz CT molecular complexity index is 568. The van der Waals surface area contributed by atoms with Crippen LogP contribution in [0.5, 0.6) is 0 Å². The van der Waals surface area contributed by atoms with Crippen molar-refractivity contribution in [3.8, 4) is 0 Å². The van der Waals surface area contributed by atoms with Crippen LogP contribution in [0.1, 0.15) is 46.0 Å². The van der Waals surface area contributed by atoms with Gasteiger partial charge >= 0.3 is 0 Å². The zero-order chi connectivity index (χ0) is 12.4. The molecular formula is C15H14O2. The van der Waals surface area contributed by atoms with Crippen LogP contribution in [-0.4, -0.2) is 12.6 Å². The Morgan fingerprint density at radius 1 is 0.941 bits per heavy atom. The molecule has 0 atom stereocenters. The summed E-state index contributed by atoms with van der Waals surface area (Å²) in [5.41, 5.74) is 2.31. The molecule has 0 aliphatic carbocycles. The predicted octanol–water partition coefficient (Wildman–Crippen LogP) is 3.59. The van der Waals surface area contributed by atoms with E-state index >= 15 is 0 Å². The Balaban J connectivity index is 2.94. The molecule has 2 heteroatoms. The molecule has 0 radical (unpaired) electrons. The van der Waals surface area contributed by atoms with Crippen molar-refractivity contribution < 1.29 is 9.59 Å². The average Bonchev–Trinajstić information content (AvgIpc) is 2.36. The summed E-state index contributed by atoms with van der Waals surface area (Å²) >= 11 is 0. The van der Waals surface area contributed by atoms with Crippen molar-refractivity contribution in [1.29, 1.82) is 0 Å². The number of benzene rings is 2. The molecule has 0 N–H and O–H groups in total. The van der Waals surface area contributed by atoms with Gasteiger partial charge in [-0.15, -0.1) is 0 Å². The number of hydrogen-bond donors (Lipinski definition) is 0. The second-order valence-electron chi connectivity index (χ2n) is 4.40. The summed E-state index contributed by atoms with van der Waals surface area (Å²) in [5, 5.41) is 1.76. The van der Waals surface area contributed by atoms with Crippen molar-refractivity contribution in [3.05, 3.63) is 47.0 Å². The minimum atomic E-state index is 0.361. The zero-order valence-corrected chi connectivity index (χ0v) is 9.94. The summed E-state index contributed by atoms with van der Waals surface area (Å²) in [6.07, 6.45) is 1.61. The van der Waals surface area contributed by atoms with Gasteiger partial charge in [0.15, 0.2) is 12.6 Å². The number of hydrogen-bond acceptors (Lipinski definition) is 2. The molecule has 2 aromatic rings. The highest BCUT2D eigenvalue weighted by molar-refractivity contribution is 6.07. The predicted molar refractivity (Wildman–Crippen MR) is 68.8 cm³/mol. The van der Waals surface area contributed by atoms with Crippen LogP contribution in [0.15, 0.2) is 30.3 Å². The molecule has 86 valence electrons. The van der Waals surface area contributed by atoms with E-state index in [-0.39, 0.29) is 0 Å². The maximum atomic E-state index is 11.1. The molecule has 0 aromatic heterocycles. The molecule has 0 spiro atoms. The molecule has 0 bridgehead atoms. The fourth-order valence-electron chi connectivity index (χ4n) is 2.19. The fraction of sp³-hybridized carbons (Fsp3) is 0.200. The topological polar surface area (TPSA) is 34.1 Å². The molecule has 0 unspecified atom stereocenters. The lowest BCUT2D eigenvalue weighted by Gasteiger charge is -2.12. The quantitative estimate of drug-likeness (QED) is 0.749. The number of fused-ring (bicyclic) bond motifs is 1. The lowest BCUT2D eigenvalue weighted by atomic mass is 9.91. The molecule has 17 heavy (non-hydrogen) atoms. The molecule has 0 aliphatic rings. The van der Waals surface area contributed by atoms with Gasteiger partial charge in [-0.2, -0.15) is 0 Å². The van der Waals surface area contributed by atoms with Gasteiger partial charge in [0, 0.05) is 16.5 Å². The minimum Gasteiger partial charge on any atom is -0.298 e. The standard InChI is InChI=1S/C15H14O2/c1-10(2)13-7-6-12(9-17)15-11(8-16)4-3-5-14(13)15/h3-10H,1-2H3. The SMILES string of the molecule is CC(C)c1ccc(C=O)c2c(C=O)cccc12. The third-order valence-corrected chi connectivity index (χ3v) is 3.01. The molecule has 2 aromatic carbocycles. The monoisotopic (exact) mass is 226 g/mol. The van der Waals surface area contributed by atoms with E-state index in [1.165, 1.54) is 0 Å². The van der Waals surface area contributed by atoms with Crippen LogP contribution in [0.3, 0.4) is 0 Å². The summed E-state index contributed by atoms with van der Waals surface area (Å²) in [6.45, 7) is 4.20. The van der Waals surface area contributed by atoms with Gasteiger partial charge in [0.05, 0.1) is 0 Å². The van der Waals surface area contributed by atoms with E-state index in [2.05, 4.69) is 13.8 Å². The van der Waals surface area contributed by atoms with Crippen LogP contribution in [0, 0.1) is 0 Å². The number of carbonyl (C=O) groups is 2. The van der Waals surface area contributed by atoms with Crippen molar-refractivity contribution >= 4 is 23.3 Å². The minimum absolute atomic E-state index is 0.361. The lowest BCUT2D eigenvalue weighted by Crippen LogP contribution is -1.96. The third-order valence-electron chi connectivity index (χ3n) is 3.01. The second-order valence-corrected chi connectivity index (χ2v) is 4.40. The lowest BCUT2D eigenvalue weighted by molar-refractivity contribution is 0.112.